The molecule has 2 aliphatic rings. The van der Waals surface area contributed by atoms with Crippen LogP contribution < -0.4 is 0 Å². The zero-order chi connectivity index (χ0) is 22.4. The monoisotopic (exact) mass is 460 g/mol. The number of hydrogen-bond acceptors (Lipinski definition) is 5. The summed E-state index contributed by atoms with van der Waals surface area (Å²) in [6.07, 6.45) is 1.52. The van der Waals surface area contributed by atoms with Crippen molar-refractivity contribution in [2.45, 2.75) is 13.8 Å². The molecule has 0 saturated heterocycles. The first-order chi connectivity index (χ1) is 15.4. The van der Waals surface area contributed by atoms with Gasteiger partial charge in [0.1, 0.15) is 16.6 Å². The first-order valence-electron chi connectivity index (χ1n) is 9.83. The van der Waals surface area contributed by atoms with Crippen molar-refractivity contribution in [3.8, 4) is 11.3 Å². The highest BCUT2D eigenvalue weighted by molar-refractivity contribution is 8.27. The molecule has 1 N–H and O–H groups in total. The second kappa shape index (κ2) is 7.93. The van der Waals surface area contributed by atoms with Crippen LogP contribution >= 0.6 is 23.4 Å². The molecule has 0 unspecified atom stereocenters. The van der Waals surface area contributed by atoms with Crippen molar-refractivity contribution in [2.75, 3.05) is 0 Å². The largest absolute Gasteiger partial charge is 0.457 e. The third-order valence-corrected chi connectivity index (χ3v) is 6.55. The Hall–Kier alpha value is -3.42. The van der Waals surface area contributed by atoms with Crippen molar-refractivity contribution in [1.29, 1.82) is 5.41 Å². The number of hydrazone groups is 1. The highest BCUT2D eigenvalue weighted by atomic mass is 35.5. The lowest BCUT2D eigenvalue weighted by atomic mass is 10.1. The fraction of sp³-hybridized carbons (Fsp3) is 0.0833. The quantitative estimate of drug-likeness (QED) is 0.494. The number of thioether (sulfide) groups is 1. The van der Waals surface area contributed by atoms with E-state index in [1.807, 2.05) is 56.3 Å². The maximum absolute atomic E-state index is 12.7. The number of rotatable bonds is 3. The van der Waals surface area contributed by atoms with Gasteiger partial charge in [-0.3, -0.25) is 10.2 Å². The maximum Gasteiger partial charge on any atom is 0.283 e. The normalized spacial score (nSPS) is 17.0. The van der Waals surface area contributed by atoms with Crippen LogP contribution in [-0.4, -0.2) is 27.0 Å². The van der Waals surface area contributed by atoms with Crippen LogP contribution in [0.2, 0.25) is 5.02 Å². The van der Waals surface area contributed by atoms with Crippen LogP contribution in [0.3, 0.4) is 0 Å². The van der Waals surface area contributed by atoms with Gasteiger partial charge < -0.3 is 4.42 Å². The molecule has 0 fully saturated rings. The van der Waals surface area contributed by atoms with Gasteiger partial charge in [-0.15, -0.1) is 0 Å². The van der Waals surface area contributed by atoms with E-state index in [-0.39, 0.29) is 11.4 Å². The maximum atomic E-state index is 12.7. The number of halogens is 1. The van der Waals surface area contributed by atoms with Crippen molar-refractivity contribution in [1.82, 2.24) is 5.01 Å². The molecule has 5 rings (SSSR count). The molecule has 0 bridgehead atoms. The Balaban J connectivity index is 1.45. The van der Waals surface area contributed by atoms with Gasteiger partial charge in [0, 0.05) is 16.1 Å². The number of fused-ring (bicyclic) bond motifs is 1. The number of nitrogens with one attached hydrogen (secondary N) is 1. The smallest absolute Gasteiger partial charge is 0.283 e. The van der Waals surface area contributed by atoms with Gasteiger partial charge in [-0.25, -0.2) is 0 Å². The fourth-order valence-electron chi connectivity index (χ4n) is 3.39. The van der Waals surface area contributed by atoms with E-state index >= 15 is 0 Å². The van der Waals surface area contributed by atoms with Gasteiger partial charge in [0.2, 0.25) is 5.17 Å². The van der Waals surface area contributed by atoms with E-state index in [0.717, 1.165) is 22.3 Å². The lowest BCUT2D eigenvalue weighted by molar-refractivity contribution is -0.114. The SMILES string of the molecule is Cc1ccc(-c2ccc(/C=C3/C(=N)N4N=C(c5ccccc5C)SC4=NC3=O)o2)cc1Cl. The Kier molecular flexibility index (Phi) is 5.07. The summed E-state index contributed by atoms with van der Waals surface area (Å²) in [7, 11) is 0. The van der Waals surface area contributed by atoms with Crippen LogP contribution in [0.4, 0.5) is 0 Å². The molecule has 6 nitrogen and oxygen atoms in total. The Morgan fingerprint density at radius 1 is 1.09 bits per heavy atom. The minimum absolute atomic E-state index is 0.0348. The van der Waals surface area contributed by atoms with Crippen molar-refractivity contribution in [2.24, 2.45) is 10.1 Å². The van der Waals surface area contributed by atoms with Gasteiger partial charge in [-0.2, -0.15) is 15.1 Å². The highest BCUT2D eigenvalue weighted by Gasteiger charge is 2.36. The van der Waals surface area contributed by atoms with E-state index in [9.17, 15) is 4.79 Å². The first kappa shape index (κ1) is 20.5. The number of amides is 1. The number of furan rings is 1. The second-order valence-electron chi connectivity index (χ2n) is 7.41. The molecular weight excluding hydrogens is 444 g/mol. The topological polar surface area (TPSA) is 82.0 Å². The Morgan fingerprint density at radius 2 is 1.91 bits per heavy atom. The van der Waals surface area contributed by atoms with Gasteiger partial charge in [-0.05, 0) is 61.0 Å². The highest BCUT2D eigenvalue weighted by Crippen LogP contribution is 2.33. The molecular formula is C24H17ClN4O2S. The van der Waals surface area contributed by atoms with E-state index in [0.29, 0.717) is 26.8 Å². The minimum Gasteiger partial charge on any atom is -0.457 e. The number of carbonyl (C=O) groups excluding carboxylic acids is 1. The first-order valence-corrected chi connectivity index (χ1v) is 11.0. The summed E-state index contributed by atoms with van der Waals surface area (Å²) in [4.78, 5) is 16.8. The van der Waals surface area contributed by atoms with E-state index in [4.69, 9.17) is 21.4 Å². The molecule has 1 amide bonds. The number of carbonyl (C=O) groups is 1. The molecule has 32 heavy (non-hydrogen) atoms. The number of benzene rings is 2. The average Bonchev–Trinajstić information content (AvgIpc) is 3.41. The van der Waals surface area contributed by atoms with E-state index in [1.54, 1.807) is 12.1 Å². The van der Waals surface area contributed by atoms with Crippen LogP contribution in [0.5, 0.6) is 0 Å². The fourth-order valence-corrected chi connectivity index (χ4v) is 4.55. The molecule has 0 aliphatic carbocycles. The van der Waals surface area contributed by atoms with Crippen molar-refractivity contribution >= 4 is 51.4 Å². The van der Waals surface area contributed by atoms with Crippen molar-refractivity contribution in [3.63, 3.8) is 0 Å². The second-order valence-corrected chi connectivity index (χ2v) is 8.77. The molecule has 2 aliphatic heterocycles. The summed E-state index contributed by atoms with van der Waals surface area (Å²) in [5.41, 5.74) is 3.94. The third-order valence-electron chi connectivity index (χ3n) is 5.20. The van der Waals surface area contributed by atoms with Crippen LogP contribution in [-0.2, 0) is 4.79 Å². The molecule has 0 spiro atoms. The molecule has 0 radical (unpaired) electrons. The summed E-state index contributed by atoms with van der Waals surface area (Å²) in [6, 6.07) is 17.1. The summed E-state index contributed by atoms with van der Waals surface area (Å²) in [5, 5.41) is 16.2. The van der Waals surface area contributed by atoms with Crippen LogP contribution in [0.1, 0.15) is 22.5 Å². The van der Waals surface area contributed by atoms with Gasteiger partial charge >= 0.3 is 0 Å². The third kappa shape index (κ3) is 3.59. The van der Waals surface area contributed by atoms with Gasteiger partial charge in [0.25, 0.3) is 5.91 Å². The molecule has 3 heterocycles. The number of nitrogens with zero attached hydrogens (tertiary/aromatic N) is 3. The summed E-state index contributed by atoms with van der Waals surface area (Å²) in [6.45, 7) is 3.93. The molecule has 2 aromatic carbocycles. The predicted octanol–water partition coefficient (Wildman–Crippen LogP) is 5.88. The molecule has 3 aromatic rings. The zero-order valence-corrected chi connectivity index (χ0v) is 18.8. The standard InChI is InChI=1S/C24H17ClN4O2S/c1-13-5-3-4-6-17(13)23-28-29-21(26)18(22(30)27-24(29)32-23)12-16-9-10-20(31-16)15-8-7-14(2)19(25)11-15/h3-12,26H,1-2H3/b18-12-,26-21?. The summed E-state index contributed by atoms with van der Waals surface area (Å²) in [5.74, 6) is 0.534. The van der Waals surface area contributed by atoms with Gasteiger partial charge in [0.05, 0.1) is 5.57 Å². The van der Waals surface area contributed by atoms with Crippen LogP contribution in [0.25, 0.3) is 17.4 Å². The Morgan fingerprint density at radius 3 is 2.69 bits per heavy atom. The van der Waals surface area contributed by atoms with Crippen LogP contribution in [0.15, 0.2) is 74.7 Å². The minimum atomic E-state index is -0.494. The molecule has 0 saturated carbocycles. The van der Waals surface area contributed by atoms with Crippen molar-refractivity contribution < 1.29 is 9.21 Å². The zero-order valence-electron chi connectivity index (χ0n) is 17.2. The molecule has 158 valence electrons. The molecule has 0 atom stereocenters. The number of amidine groups is 2. The number of hydrogen-bond donors (Lipinski definition) is 1. The lowest BCUT2D eigenvalue weighted by Gasteiger charge is -2.19. The molecule has 1 aromatic heterocycles. The lowest BCUT2D eigenvalue weighted by Crippen LogP contribution is -2.35. The van der Waals surface area contributed by atoms with E-state index in [2.05, 4.69) is 10.1 Å². The Labute approximate surface area is 193 Å². The van der Waals surface area contributed by atoms with Gasteiger partial charge in [-0.1, -0.05) is 48.0 Å². The number of aryl methyl sites for hydroxylation is 2. The van der Waals surface area contributed by atoms with Crippen LogP contribution in [0, 0.1) is 19.3 Å². The molecule has 8 heteroatoms. The van der Waals surface area contributed by atoms with E-state index in [1.165, 1.54) is 22.8 Å². The van der Waals surface area contributed by atoms with Gasteiger partial charge in [0.15, 0.2) is 5.84 Å². The van der Waals surface area contributed by atoms with E-state index < -0.39 is 5.91 Å². The number of aliphatic imine (C=N–C) groups is 1. The summed E-state index contributed by atoms with van der Waals surface area (Å²) >= 11 is 7.50. The predicted molar refractivity (Wildman–Crippen MR) is 129 cm³/mol. The average molecular weight is 461 g/mol. The van der Waals surface area contributed by atoms with Crippen molar-refractivity contribution in [3.05, 3.63) is 87.6 Å². The Bertz CT molecular complexity index is 1390. The summed E-state index contributed by atoms with van der Waals surface area (Å²) < 4.78 is 5.89.